The molecule has 0 bridgehead atoms. The number of benzene rings is 2. The molecule has 1 unspecified atom stereocenters. The average Bonchev–Trinajstić information content (AvgIpc) is 2.66. The molecule has 6 nitrogen and oxygen atoms in total. The summed E-state index contributed by atoms with van der Waals surface area (Å²) in [6.07, 6.45) is 1.24. The van der Waals surface area contributed by atoms with E-state index in [1.165, 1.54) is 0 Å². The van der Waals surface area contributed by atoms with Crippen LogP contribution in [-0.2, 0) is 11.2 Å². The Balaban J connectivity index is 1.64. The molecule has 1 atom stereocenters. The van der Waals surface area contributed by atoms with Crippen molar-refractivity contribution in [1.29, 1.82) is 0 Å². The van der Waals surface area contributed by atoms with Crippen LogP contribution in [0.4, 0.5) is 11.5 Å². The number of primary amides is 1. The van der Waals surface area contributed by atoms with Crippen molar-refractivity contribution in [2.75, 3.05) is 10.6 Å². The zero-order valence-electron chi connectivity index (χ0n) is 15.0. The smallest absolute Gasteiger partial charge is 0.249 e. The minimum absolute atomic E-state index is 0.0256. The quantitative estimate of drug-likeness (QED) is 0.664. The number of nitrogens with one attached hydrogen (secondary N) is 2. The Morgan fingerprint density at radius 3 is 2.81 bits per heavy atom. The van der Waals surface area contributed by atoms with Gasteiger partial charge >= 0.3 is 0 Å². The number of hydrogen-bond donors (Lipinski definition) is 3. The number of para-hydroxylation sites is 1. The molecule has 136 valence electrons. The fourth-order valence-electron chi connectivity index (χ4n) is 3.43. The fraction of sp³-hybridized carbons (Fsp3) is 0.190. The Hall–Kier alpha value is -3.41. The molecule has 2 heterocycles. The molecule has 0 spiro atoms. The van der Waals surface area contributed by atoms with Crippen LogP contribution in [0.15, 0.2) is 48.5 Å². The third-order valence-electron chi connectivity index (χ3n) is 4.87. The van der Waals surface area contributed by atoms with Gasteiger partial charge in [-0.05, 0) is 42.7 Å². The average molecular weight is 360 g/mol. The number of carbonyl (C=O) groups excluding carboxylic acids is 2. The zero-order chi connectivity index (χ0) is 19.0. The predicted molar refractivity (Wildman–Crippen MR) is 106 cm³/mol. The Bertz CT molecular complexity index is 1060. The number of carbonyl (C=O) groups is 2. The molecule has 0 radical (unpaired) electrons. The second-order valence-electron chi connectivity index (χ2n) is 6.77. The van der Waals surface area contributed by atoms with Crippen LogP contribution >= 0.6 is 0 Å². The predicted octanol–water partition coefficient (Wildman–Crippen LogP) is 3.39. The molecule has 1 aliphatic rings. The summed E-state index contributed by atoms with van der Waals surface area (Å²) in [7, 11) is 0. The van der Waals surface area contributed by atoms with Crippen LogP contribution in [0, 0.1) is 0 Å². The van der Waals surface area contributed by atoms with Crippen LogP contribution in [0.1, 0.15) is 40.9 Å². The SMILES string of the molecule is CC(Nc1cc(C(N)=O)c2ccccc2n1)c1ccc2c(c1)CCC(=O)N2. The summed E-state index contributed by atoms with van der Waals surface area (Å²) < 4.78 is 0. The van der Waals surface area contributed by atoms with Gasteiger partial charge in [0.05, 0.1) is 11.1 Å². The van der Waals surface area contributed by atoms with Crippen LogP contribution < -0.4 is 16.4 Å². The Kier molecular flexibility index (Phi) is 4.24. The van der Waals surface area contributed by atoms with Gasteiger partial charge in [0, 0.05) is 23.5 Å². The van der Waals surface area contributed by atoms with E-state index < -0.39 is 5.91 Å². The second-order valence-corrected chi connectivity index (χ2v) is 6.77. The van der Waals surface area contributed by atoms with Gasteiger partial charge in [0.15, 0.2) is 0 Å². The molecule has 2 amide bonds. The molecule has 0 aliphatic carbocycles. The van der Waals surface area contributed by atoms with Crippen LogP contribution in [0.2, 0.25) is 0 Å². The molecule has 0 fully saturated rings. The van der Waals surface area contributed by atoms with Crippen molar-refractivity contribution in [3.8, 4) is 0 Å². The number of nitrogens with zero attached hydrogens (tertiary/aromatic N) is 1. The number of rotatable bonds is 4. The van der Waals surface area contributed by atoms with Gasteiger partial charge in [0.1, 0.15) is 5.82 Å². The van der Waals surface area contributed by atoms with Gasteiger partial charge in [0.25, 0.3) is 0 Å². The van der Waals surface area contributed by atoms with E-state index in [-0.39, 0.29) is 11.9 Å². The first-order valence-corrected chi connectivity index (χ1v) is 8.90. The number of amides is 2. The third kappa shape index (κ3) is 3.33. The number of pyridine rings is 1. The van der Waals surface area contributed by atoms with Gasteiger partial charge in [-0.3, -0.25) is 9.59 Å². The maximum absolute atomic E-state index is 11.8. The lowest BCUT2D eigenvalue weighted by Crippen LogP contribution is -2.19. The number of aryl methyl sites for hydroxylation is 1. The fourth-order valence-corrected chi connectivity index (χ4v) is 3.43. The molecule has 2 aromatic carbocycles. The van der Waals surface area contributed by atoms with E-state index in [1.807, 2.05) is 43.3 Å². The lowest BCUT2D eigenvalue weighted by atomic mass is 9.97. The summed E-state index contributed by atoms with van der Waals surface area (Å²) >= 11 is 0. The summed E-state index contributed by atoms with van der Waals surface area (Å²) in [5, 5.41) is 6.99. The molecule has 6 heteroatoms. The first kappa shape index (κ1) is 17.0. The van der Waals surface area contributed by atoms with Gasteiger partial charge in [0.2, 0.25) is 11.8 Å². The van der Waals surface area contributed by atoms with Crippen molar-refractivity contribution in [3.05, 3.63) is 65.2 Å². The lowest BCUT2D eigenvalue weighted by molar-refractivity contribution is -0.116. The third-order valence-corrected chi connectivity index (χ3v) is 4.87. The van der Waals surface area contributed by atoms with Gasteiger partial charge in [-0.25, -0.2) is 4.98 Å². The summed E-state index contributed by atoms with van der Waals surface area (Å²) in [5.74, 6) is 0.176. The second kappa shape index (κ2) is 6.72. The van der Waals surface area contributed by atoms with E-state index in [1.54, 1.807) is 6.07 Å². The van der Waals surface area contributed by atoms with E-state index in [0.717, 1.165) is 34.1 Å². The molecular formula is C21H20N4O2. The van der Waals surface area contributed by atoms with Crippen molar-refractivity contribution < 1.29 is 9.59 Å². The summed E-state index contributed by atoms with van der Waals surface area (Å²) in [6, 6.07) is 15.1. The highest BCUT2D eigenvalue weighted by Crippen LogP contribution is 2.28. The summed E-state index contributed by atoms with van der Waals surface area (Å²) in [6.45, 7) is 2.03. The zero-order valence-corrected chi connectivity index (χ0v) is 15.0. The first-order chi connectivity index (χ1) is 13.0. The van der Waals surface area contributed by atoms with E-state index in [9.17, 15) is 9.59 Å². The van der Waals surface area contributed by atoms with E-state index in [4.69, 9.17) is 5.73 Å². The summed E-state index contributed by atoms with van der Waals surface area (Å²) in [4.78, 5) is 28.0. The van der Waals surface area contributed by atoms with Crippen molar-refractivity contribution in [1.82, 2.24) is 4.98 Å². The molecule has 4 rings (SSSR count). The van der Waals surface area contributed by atoms with Crippen LogP contribution in [-0.4, -0.2) is 16.8 Å². The van der Waals surface area contributed by atoms with E-state index >= 15 is 0 Å². The van der Waals surface area contributed by atoms with Crippen molar-refractivity contribution in [3.63, 3.8) is 0 Å². The van der Waals surface area contributed by atoms with E-state index in [2.05, 4.69) is 21.7 Å². The Labute approximate surface area is 156 Å². The number of fused-ring (bicyclic) bond motifs is 2. The largest absolute Gasteiger partial charge is 0.366 e. The molecule has 3 aromatic rings. The van der Waals surface area contributed by atoms with Crippen molar-refractivity contribution in [2.45, 2.75) is 25.8 Å². The van der Waals surface area contributed by atoms with Crippen molar-refractivity contribution in [2.24, 2.45) is 5.73 Å². The van der Waals surface area contributed by atoms with Crippen LogP contribution in [0.5, 0.6) is 0 Å². The molecule has 1 aromatic heterocycles. The monoisotopic (exact) mass is 360 g/mol. The number of nitrogens with two attached hydrogens (primary N) is 1. The highest BCUT2D eigenvalue weighted by molar-refractivity contribution is 6.06. The molecular weight excluding hydrogens is 340 g/mol. The lowest BCUT2D eigenvalue weighted by Gasteiger charge is -2.21. The topological polar surface area (TPSA) is 97.1 Å². The molecule has 1 aliphatic heterocycles. The van der Waals surface area contributed by atoms with Gasteiger partial charge in [-0.1, -0.05) is 30.3 Å². The van der Waals surface area contributed by atoms with Crippen LogP contribution in [0.25, 0.3) is 10.9 Å². The van der Waals surface area contributed by atoms with Crippen LogP contribution in [0.3, 0.4) is 0 Å². The van der Waals surface area contributed by atoms with Gasteiger partial charge < -0.3 is 16.4 Å². The van der Waals surface area contributed by atoms with Gasteiger partial charge in [-0.15, -0.1) is 0 Å². The molecule has 0 saturated heterocycles. The maximum Gasteiger partial charge on any atom is 0.249 e. The Morgan fingerprint density at radius 2 is 2.00 bits per heavy atom. The Morgan fingerprint density at radius 1 is 1.19 bits per heavy atom. The highest BCUT2D eigenvalue weighted by atomic mass is 16.2. The highest BCUT2D eigenvalue weighted by Gasteiger charge is 2.17. The van der Waals surface area contributed by atoms with Gasteiger partial charge in [-0.2, -0.15) is 0 Å². The number of hydrogen-bond acceptors (Lipinski definition) is 4. The van der Waals surface area contributed by atoms with Crippen molar-refractivity contribution >= 4 is 34.2 Å². The summed E-state index contributed by atoms with van der Waals surface area (Å²) in [5.41, 5.74) is 9.81. The standard InChI is InChI=1S/C21H20N4O2/c1-12(13-6-8-17-14(10-13)7-9-20(26)25-17)23-19-11-16(21(22)27)15-4-2-3-5-18(15)24-19/h2-6,8,10-12H,7,9H2,1H3,(H2,22,27)(H,23,24)(H,25,26). The minimum atomic E-state index is -0.478. The molecule has 27 heavy (non-hydrogen) atoms. The normalized spacial score (nSPS) is 14.3. The maximum atomic E-state index is 11.8. The minimum Gasteiger partial charge on any atom is -0.366 e. The molecule has 4 N–H and O–H groups in total. The first-order valence-electron chi connectivity index (χ1n) is 8.90. The molecule has 0 saturated carbocycles. The van der Waals surface area contributed by atoms with E-state index in [0.29, 0.717) is 17.8 Å². The number of anilines is 2. The number of aromatic nitrogens is 1.